The van der Waals surface area contributed by atoms with Gasteiger partial charge in [-0.15, -0.1) is 11.8 Å². The Balaban J connectivity index is 1.40. The van der Waals surface area contributed by atoms with Crippen molar-refractivity contribution in [3.63, 3.8) is 0 Å². The van der Waals surface area contributed by atoms with E-state index < -0.39 is 4.92 Å². The molecule has 0 saturated heterocycles. The van der Waals surface area contributed by atoms with Crippen LogP contribution in [0.4, 0.5) is 5.69 Å². The van der Waals surface area contributed by atoms with Gasteiger partial charge in [-0.1, -0.05) is 24.3 Å². The molecule has 0 heterocycles. The molecule has 9 heteroatoms. The Kier molecular flexibility index (Phi) is 5.54. The van der Waals surface area contributed by atoms with Crippen LogP contribution in [0.25, 0.3) is 0 Å². The van der Waals surface area contributed by atoms with Crippen molar-refractivity contribution in [3.8, 4) is 0 Å². The Hall–Kier alpha value is -2.13. The number of hydrogen-bond donors (Lipinski definition) is 3. The fourth-order valence-corrected chi connectivity index (χ4v) is 4.21. The average molecular weight is 378 g/mol. The molecular formula is C16H18N4O3S2. The Labute approximate surface area is 154 Å². The lowest BCUT2D eigenvalue weighted by Gasteiger charge is -2.21. The van der Waals surface area contributed by atoms with Gasteiger partial charge in [0.25, 0.3) is 5.69 Å². The third-order valence-electron chi connectivity index (χ3n) is 4.33. The fourth-order valence-electron chi connectivity index (χ4n) is 3.19. The summed E-state index contributed by atoms with van der Waals surface area (Å²) in [6.45, 7) is 0. The Morgan fingerprint density at radius 1 is 1.28 bits per heavy atom. The molecule has 1 aromatic carbocycles. The van der Waals surface area contributed by atoms with E-state index in [-0.39, 0.29) is 17.3 Å². The van der Waals surface area contributed by atoms with Gasteiger partial charge in [0.15, 0.2) is 5.11 Å². The minimum Gasteiger partial charge on any atom is -0.358 e. The van der Waals surface area contributed by atoms with Crippen LogP contribution >= 0.6 is 24.0 Å². The normalized spacial score (nSPS) is 23.3. The summed E-state index contributed by atoms with van der Waals surface area (Å²) in [5, 5.41) is 14.6. The topological polar surface area (TPSA) is 96.3 Å². The molecule has 132 valence electrons. The van der Waals surface area contributed by atoms with Crippen molar-refractivity contribution in [3.05, 3.63) is 46.5 Å². The van der Waals surface area contributed by atoms with E-state index in [4.69, 9.17) is 12.2 Å². The number of nitrogens with zero attached hydrogens (tertiary/aromatic N) is 1. The van der Waals surface area contributed by atoms with E-state index in [0.717, 1.165) is 18.2 Å². The molecule has 0 aliphatic heterocycles. The highest BCUT2D eigenvalue weighted by molar-refractivity contribution is 8.00. The number of hydrogen-bond acceptors (Lipinski definition) is 5. The third kappa shape index (κ3) is 4.49. The number of carbonyl (C=O) groups is 1. The number of allylic oxidation sites excluding steroid dienone is 1. The molecule has 2 aliphatic carbocycles. The van der Waals surface area contributed by atoms with Crippen LogP contribution in [-0.4, -0.2) is 27.7 Å². The number of carbonyl (C=O) groups excluding carboxylic acids is 1. The Morgan fingerprint density at radius 2 is 2.08 bits per heavy atom. The highest BCUT2D eigenvalue weighted by Crippen LogP contribution is 2.38. The number of para-hydroxylation sites is 1. The van der Waals surface area contributed by atoms with Gasteiger partial charge in [0, 0.05) is 12.1 Å². The standard InChI is InChI=1S/C16H18N4O3S2/c21-15(9-25-14-4-2-1-3-13(14)20(22)23)18-19-16(24)17-12-8-10-5-6-11(12)7-10/h1-6,10-12H,7-9H2,(H,18,21)(H2,17,19,24)/t10-,11+,12-/m1/s1. The Morgan fingerprint density at radius 3 is 2.76 bits per heavy atom. The summed E-state index contributed by atoms with van der Waals surface area (Å²) in [4.78, 5) is 22.9. The van der Waals surface area contributed by atoms with Crippen LogP contribution in [0.1, 0.15) is 12.8 Å². The molecule has 1 aromatic rings. The average Bonchev–Trinajstić information content (AvgIpc) is 3.21. The number of thioether (sulfide) groups is 1. The number of nitro benzene ring substituents is 1. The van der Waals surface area contributed by atoms with E-state index in [1.165, 1.54) is 12.5 Å². The predicted molar refractivity (Wildman–Crippen MR) is 100.0 cm³/mol. The number of benzene rings is 1. The summed E-state index contributed by atoms with van der Waals surface area (Å²) in [7, 11) is 0. The Bertz CT molecular complexity index is 725. The molecule has 0 aromatic heterocycles. The summed E-state index contributed by atoms with van der Waals surface area (Å²) in [6.07, 6.45) is 6.70. The van der Waals surface area contributed by atoms with Gasteiger partial charge in [-0.3, -0.25) is 25.8 Å². The quantitative estimate of drug-likeness (QED) is 0.237. The van der Waals surface area contributed by atoms with Crippen LogP contribution in [0.5, 0.6) is 0 Å². The van der Waals surface area contributed by atoms with Crippen molar-refractivity contribution in [2.45, 2.75) is 23.8 Å². The van der Waals surface area contributed by atoms with E-state index in [1.807, 2.05) is 0 Å². The largest absolute Gasteiger partial charge is 0.358 e. The molecule has 3 rings (SSSR count). The molecule has 3 atom stereocenters. The van der Waals surface area contributed by atoms with Gasteiger partial charge >= 0.3 is 0 Å². The second-order valence-electron chi connectivity index (χ2n) is 6.05. The highest BCUT2D eigenvalue weighted by atomic mass is 32.2. The van der Waals surface area contributed by atoms with Crippen LogP contribution in [-0.2, 0) is 4.79 Å². The van der Waals surface area contributed by atoms with Crippen molar-refractivity contribution in [2.75, 3.05) is 5.75 Å². The molecule has 2 aliphatic rings. The molecule has 7 nitrogen and oxygen atoms in total. The number of hydrazine groups is 1. The number of rotatable bonds is 5. The van der Waals surface area contributed by atoms with Crippen molar-refractivity contribution in [1.82, 2.24) is 16.2 Å². The van der Waals surface area contributed by atoms with Gasteiger partial charge in [0.1, 0.15) is 0 Å². The first-order valence-electron chi connectivity index (χ1n) is 7.93. The molecule has 1 amide bonds. The van der Waals surface area contributed by atoms with Crippen LogP contribution in [0.2, 0.25) is 0 Å². The third-order valence-corrected chi connectivity index (χ3v) is 5.61. The van der Waals surface area contributed by atoms with E-state index in [1.54, 1.807) is 18.2 Å². The van der Waals surface area contributed by atoms with Gasteiger partial charge in [0.05, 0.1) is 15.6 Å². The van der Waals surface area contributed by atoms with Crippen LogP contribution in [0, 0.1) is 22.0 Å². The minimum atomic E-state index is -0.457. The maximum absolute atomic E-state index is 11.9. The van der Waals surface area contributed by atoms with E-state index in [9.17, 15) is 14.9 Å². The van der Waals surface area contributed by atoms with E-state index >= 15 is 0 Å². The molecule has 0 spiro atoms. The maximum atomic E-state index is 11.9. The van der Waals surface area contributed by atoms with Crippen molar-refractivity contribution in [1.29, 1.82) is 0 Å². The lowest BCUT2D eigenvalue weighted by molar-refractivity contribution is -0.387. The molecule has 1 saturated carbocycles. The second kappa shape index (κ2) is 7.83. The summed E-state index contributed by atoms with van der Waals surface area (Å²) in [5.74, 6) is 0.893. The predicted octanol–water partition coefficient (Wildman–Crippen LogP) is 2.15. The number of nitrogens with one attached hydrogen (secondary N) is 3. The van der Waals surface area contributed by atoms with Crippen molar-refractivity contribution in [2.24, 2.45) is 11.8 Å². The molecular weight excluding hydrogens is 360 g/mol. The van der Waals surface area contributed by atoms with Crippen LogP contribution < -0.4 is 16.2 Å². The van der Waals surface area contributed by atoms with E-state index in [2.05, 4.69) is 28.3 Å². The fraction of sp³-hybridized carbons (Fsp3) is 0.375. The lowest BCUT2D eigenvalue weighted by Crippen LogP contribution is -2.50. The first-order valence-corrected chi connectivity index (χ1v) is 9.32. The zero-order chi connectivity index (χ0) is 17.8. The first kappa shape index (κ1) is 17.7. The second-order valence-corrected chi connectivity index (χ2v) is 7.47. The molecule has 0 radical (unpaired) electrons. The maximum Gasteiger partial charge on any atom is 0.282 e. The van der Waals surface area contributed by atoms with Crippen LogP contribution in [0.3, 0.4) is 0 Å². The smallest absolute Gasteiger partial charge is 0.282 e. The molecule has 25 heavy (non-hydrogen) atoms. The van der Waals surface area contributed by atoms with Crippen molar-refractivity contribution < 1.29 is 9.72 Å². The van der Waals surface area contributed by atoms with E-state index in [0.29, 0.717) is 27.9 Å². The number of nitro groups is 1. The zero-order valence-corrected chi connectivity index (χ0v) is 14.9. The van der Waals surface area contributed by atoms with Gasteiger partial charge < -0.3 is 5.32 Å². The zero-order valence-electron chi connectivity index (χ0n) is 13.3. The monoisotopic (exact) mass is 378 g/mol. The number of amides is 1. The number of thiocarbonyl (C=S) groups is 1. The summed E-state index contributed by atoms with van der Waals surface area (Å²) in [5.41, 5.74) is 5.21. The molecule has 1 fully saturated rings. The SMILES string of the molecule is O=C(CSc1ccccc1[N+](=O)[O-])NNC(=S)N[C@@H]1C[C@@H]2C=C[C@H]1C2. The minimum absolute atomic E-state index is 0.00483. The first-order chi connectivity index (χ1) is 12.0. The summed E-state index contributed by atoms with van der Waals surface area (Å²) < 4.78 is 0. The van der Waals surface area contributed by atoms with Crippen molar-refractivity contribution >= 4 is 40.7 Å². The molecule has 0 unspecified atom stereocenters. The highest BCUT2D eigenvalue weighted by Gasteiger charge is 2.35. The number of fused-ring (bicyclic) bond motifs is 2. The molecule has 2 bridgehead atoms. The van der Waals surface area contributed by atoms with Gasteiger partial charge in [-0.2, -0.15) is 0 Å². The van der Waals surface area contributed by atoms with Gasteiger partial charge in [-0.25, -0.2) is 0 Å². The van der Waals surface area contributed by atoms with Gasteiger partial charge in [0.2, 0.25) is 5.91 Å². The van der Waals surface area contributed by atoms with Crippen LogP contribution in [0.15, 0.2) is 41.3 Å². The molecule has 3 N–H and O–H groups in total. The lowest BCUT2D eigenvalue weighted by atomic mass is 10.0. The summed E-state index contributed by atoms with van der Waals surface area (Å²) >= 11 is 6.31. The van der Waals surface area contributed by atoms with Gasteiger partial charge in [-0.05, 0) is 43.0 Å². The summed E-state index contributed by atoms with van der Waals surface area (Å²) in [6, 6.07) is 6.65.